The smallest absolute Gasteiger partial charge is 0.332 e. The molecule has 0 aliphatic carbocycles. The van der Waals surface area contributed by atoms with Crippen molar-refractivity contribution >= 4 is 5.97 Å². The Morgan fingerprint density at radius 2 is 2.56 bits per heavy atom. The zero-order chi connectivity index (χ0) is 6.69. The zero-order valence-corrected chi connectivity index (χ0v) is 5.00. The average Bonchev–Trinajstić information content (AvgIpc) is 1.78. The van der Waals surface area contributed by atoms with Crippen LogP contribution in [0.2, 0.25) is 0 Å². The normalized spacial score (nSPS) is 24.2. The Morgan fingerprint density at radius 3 is 2.89 bits per heavy atom. The van der Waals surface area contributed by atoms with Crippen molar-refractivity contribution in [2.24, 2.45) is 0 Å². The largest absolute Gasteiger partial charge is 0.433 e. The number of ether oxygens (including phenoxy) is 2. The molecule has 1 rings (SSSR count). The lowest BCUT2D eigenvalue weighted by atomic mass is 10.3. The highest BCUT2D eigenvalue weighted by Gasteiger charge is 2.20. The summed E-state index contributed by atoms with van der Waals surface area (Å²) in [5.74, 6) is -0.417. The predicted octanol–water partition coefficient (Wildman–Crippen LogP) is 0.462. The standard InChI is InChI=1S/C6H8O3/c1-2-5(7)9-6-3-4-8-6/h2,6H,1,3-4H2. The summed E-state index contributed by atoms with van der Waals surface area (Å²) in [7, 11) is 0. The van der Waals surface area contributed by atoms with Crippen LogP contribution in [0.4, 0.5) is 0 Å². The Labute approximate surface area is 53.3 Å². The van der Waals surface area contributed by atoms with E-state index in [4.69, 9.17) is 4.74 Å². The van der Waals surface area contributed by atoms with E-state index in [1.54, 1.807) is 0 Å². The molecule has 0 N–H and O–H groups in total. The first-order valence-corrected chi connectivity index (χ1v) is 2.77. The molecule has 0 spiro atoms. The van der Waals surface area contributed by atoms with Gasteiger partial charge in [-0.2, -0.15) is 0 Å². The van der Waals surface area contributed by atoms with Gasteiger partial charge in [0.15, 0.2) is 0 Å². The summed E-state index contributed by atoms with van der Waals surface area (Å²) < 4.78 is 9.47. The van der Waals surface area contributed by atoms with Gasteiger partial charge in [-0.3, -0.25) is 0 Å². The van der Waals surface area contributed by atoms with Gasteiger partial charge in [0.1, 0.15) is 0 Å². The maximum atomic E-state index is 10.4. The quantitative estimate of drug-likeness (QED) is 0.400. The van der Waals surface area contributed by atoms with Crippen LogP contribution in [0.25, 0.3) is 0 Å². The van der Waals surface area contributed by atoms with Crippen molar-refractivity contribution in [1.29, 1.82) is 0 Å². The molecular formula is C6H8O3. The van der Waals surface area contributed by atoms with Gasteiger partial charge in [0.05, 0.1) is 6.61 Å². The first-order valence-electron chi connectivity index (χ1n) is 2.77. The van der Waals surface area contributed by atoms with Crippen molar-refractivity contribution < 1.29 is 14.3 Å². The maximum Gasteiger partial charge on any atom is 0.332 e. The zero-order valence-electron chi connectivity index (χ0n) is 5.00. The second-order valence-electron chi connectivity index (χ2n) is 1.73. The summed E-state index contributed by atoms with van der Waals surface area (Å²) >= 11 is 0. The molecule has 1 aliphatic heterocycles. The Kier molecular flexibility index (Phi) is 1.85. The fourth-order valence-corrected chi connectivity index (χ4v) is 0.485. The van der Waals surface area contributed by atoms with E-state index in [1.807, 2.05) is 0 Å². The van der Waals surface area contributed by atoms with Crippen molar-refractivity contribution in [2.45, 2.75) is 12.7 Å². The SMILES string of the molecule is C=CC(=O)OC1CCO1. The van der Waals surface area contributed by atoms with Crippen LogP contribution in [-0.2, 0) is 14.3 Å². The number of esters is 1. The van der Waals surface area contributed by atoms with E-state index in [-0.39, 0.29) is 6.29 Å². The molecule has 50 valence electrons. The fourth-order valence-electron chi connectivity index (χ4n) is 0.485. The van der Waals surface area contributed by atoms with E-state index in [9.17, 15) is 4.79 Å². The molecule has 1 aliphatic rings. The summed E-state index contributed by atoms with van der Waals surface area (Å²) in [6, 6.07) is 0. The van der Waals surface area contributed by atoms with Crippen LogP contribution in [0.3, 0.4) is 0 Å². The van der Waals surface area contributed by atoms with Crippen molar-refractivity contribution in [3.05, 3.63) is 12.7 Å². The minimum Gasteiger partial charge on any atom is -0.433 e. The Hall–Kier alpha value is -0.830. The third-order valence-electron chi connectivity index (χ3n) is 1.07. The third kappa shape index (κ3) is 1.54. The predicted molar refractivity (Wildman–Crippen MR) is 30.6 cm³/mol. The molecule has 1 heterocycles. The summed E-state index contributed by atoms with van der Waals surface area (Å²) in [6.45, 7) is 3.93. The Morgan fingerprint density at radius 1 is 1.89 bits per heavy atom. The molecule has 0 radical (unpaired) electrons. The van der Waals surface area contributed by atoms with E-state index in [0.29, 0.717) is 6.61 Å². The molecule has 1 unspecified atom stereocenters. The van der Waals surface area contributed by atoms with Gasteiger partial charge >= 0.3 is 5.97 Å². The molecule has 9 heavy (non-hydrogen) atoms. The number of hydrogen-bond donors (Lipinski definition) is 0. The second kappa shape index (κ2) is 2.64. The van der Waals surface area contributed by atoms with Crippen LogP contribution in [0.15, 0.2) is 12.7 Å². The molecule has 3 heteroatoms. The van der Waals surface area contributed by atoms with Crippen molar-refractivity contribution in [3.63, 3.8) is 0 Å². The van der Waals surface area contributed by atoms with Gasteiger partial charge in [0, 0.05) is 12.5 Å². The summed E-state index contributed by atoms with van der Waals surface area (Å²) in [6.07, 6.45) is 1.62. The molecule has 0 aromatic heterocycles. The molecule has 0 amide bonds. The van der Waals surface area contributed by atoms with Crippen LogP contribution in [0, 0.1) is 0 Å². The molecule has 1 atom stereocenters. The first-order chi connectivity index (χ1) is 4.33. The van der Waals surface area contributed by atoms with Crippen LogP contribution in [0.5, 0.6) is 0 Å². The van der Waals surface area contributed by atoms with Crippen molar-refractivity contribution in [3.8, 4) is 0 Å². The third-order valence-corrected chi connectivity index (χ3v) is 1.07. The molecule has 1 fully saturated rings. The number of hydrogen-bond acceptors (Lipinski definition) is 3. The summed E-state index contributed by atoms with van der Waals surface area (Å²) in [4.78, 5) is 10.4. The van der Waals surface area contributed by atoms with Gasteiger partial charge in [-0.05, 0) is 0 Å². The molecule has 0 aromatic carbocycles. The van der Waals surface area contributed by atoms with E-state index < -0.39 is 5.97 Å². The van der Waals surface area contributed by atoms with Crippen molar-refractivity contribution in [2.75, 3.05) is 6.61 Å². The lowest BCUT2D eigenvalue weighted by Gasteiger charge is -2.24. The molecule has 0 saturated carbocycles. The van der Waals surface area contributed by atoms with Gasteiger partial charge < -0.3 is 9.47 Å². The van der Waals surface area contributed by atoms with Gasteiger partial charge in [-0.15, -0.1) is 0 Å². The lowest BCUT2D eigenvalue weighted by Crippen LogP contribution is -2.31. The summed E-state index contributed by atoms with van der Waals surface area (Å²) in [5.41, 5.74) is 0. The van der Waals surface area contributed by atoms with Crippen LogP contribution in [0.1, 0.15) is 6.42 Å². The monoisotopic (exact) mass is 128 g/mol. The van der Waals surface area contributed by atoms with E-state index in [1.165, 1.54) is 0 Å². The van der Waals surface area contributed by atoms with Gasteiger partial charge in [0.25, 0.3) is 0 Å². The minimum atomic E-state index is -0.417. The Bertz CT molecular complexity index is 126. The van der Waals surface area contributed by atoms with Gasteiger partial charge in [0.2, 0.25) is 6.29 Å². The Balaban J connectivity index is 2.16. The second-order valence-corrected chi connectivity index (χ2v) is 1.73. The summed E-state index contributed by atoms with van der Waals surface area (Å²) in [5, 5.41) is 0. The van der Waals surface area contributed by atoms with Crippen molar-refractivity contribution in [1.82, 2.24) is 0 Å². The number of carbonyl (C=O) groups excluding carboxylic acids is 1. The molecular weight excluding hydrogens is 120 g/mol. The average molecular weight is 128 g/mol. The first kappa shape index (κ1) is 6.29. The van der Waals surface area contributed by atoms with E-state index in [0.717, 1.165) is 12.5 Å². The van der Waals surface area contributed by atoms with Gasteiger partial charge in [-0.1, -0.05) is 6.58 Å². The van der Waals surface area contributed by atoms with E-state index >= 15 is 0 Å². The lowest BCUT2D eigenvalue weighted by molar-refractivity contribution is -0.212. The van der Waals surface area contributed by atoms with Gasteiger partial charge in [-0.25, -0.2) is 4.79 Å². The topological polar surface area (TPSA) is 35.5 Å². The van der Waals surface area contributed by atoms with Crippen LogP contribution < -0.4 is 0 Å². The fraction of sp³-hybridized carbons (Fsp3) is 0.500. The highest BCUT2D eigenvalue weighted by atomic mass is 16.7. The van der Waals surface area contributed by atoms with Crippen LogP contribution in [-0.4, -0.2) is 18.9 Å². The minimum absolute atomic E-state index is 0.310. The molecule has 3 nitrogen and oxygen atoms in total. The highest BCUT2D eigenvalue weighted by Crippen LogP contribution is 2.11. The maximum absolute atomic E-state index is 10.4. The number of rotatable bonds is 2. The molecule has 0 bridgehead atoms. The highest BCUT2D eigenvalue weighted by molar-refractivity contribution is 5.81. The molecule has 1 saturated heterocycles. The number of carbonyl (C=O) groups is 1. The molecule has 0 aromatic rings. The van der Waals surface area contributed by atoms with E-state index in [2.05, 4.69) is 11.3 Å². The van der Waals surface area contributed by atoms with Crippen LogP contribution >= 0.6 is 0 Å².